The second-order valence-electron chi connectivity index (χ2n) is 6.27. The number of nitrogens with zero attached hydrogens (tertiary/aromatic N) is 1. The smallest absolute Gasteiger partial charge is 0.321 e. The lowest BCUT2D eigenvalue weighted by atomic mass is 10.0. The molecule has 2 aliphatic heterocycles. The molecule has 2 aromatic carbocycles. The molecule has 0 atom stereocenters. The highest BCUT2D eigenvalue weighted by molar-refractivity contribution is 5.89. The lowest BCUT2D eigenvalue weighted by molar-refractivity contribution is 0.174. The number of carbonyl (C=O) groups is 1. The number of hydrogen-bond acceptors (Lipinski definition) is 4. The molecular weight excluding hydrogens is 318 g/mol. The molecule has 0 saturated carbocycles. The Bertz CT molecular complexity index is 743. The third-order valence-electron chi connectivity index (χ3n) is 4.55. The minimum Gasteiger partial charge on any atom is -0.454 e. The van der Waals surface area contributed by atoms with Gasteiger partial charge in [0.15, 0.2) is 11.5 Å². The minimum atomic E-state index is -0.0722. The van der Waals surface area contributed by atoms with Crippen LogP contribution in [0.15, 0.2) is 48.5 Å². The van der Waals surface area contributed by atoms with Gasteiger partial charge in [0, 0.05) is 36.6 Å². The molecule has 2 aromatic rings. The van der Waals surface area contributed by atoms with Crippen LogP contribution in [0.2, 0.25) is 0 Å². The van der Waals surface area contributed by atoms with E-state index >= 15 is 0 Å². The first-order valence-electron chi connectivity index (χ1n) is 8.55. The highest BCUT2D eigenvalue weighted by atomic mass is 16.7. The van der Waals surface area contributed by atoms with E-state index in [1.165, 1.54) is 0 Å². The van der Waals surface area contributed by atoms with Crippen molar-refractivity contribution in [3.05, 3.63) is 48.5 Å². The van der Waals surface area contributed by atoms with Gasteiger partial charge >= 0.3 is 6.03 Å². The Kier molecular flexibility index (Phi) is 4.33. The summed E-state index contributed by atoms with van der Waals surface area (Å²) < 4.78 is 10.6. The predicted octanol–water partition coefficient (Wildman–Crippen LogP) is 3.52. The molecule has 6 nitrogen and oxygen atoms in total. The van der Waals surface area contributed by atoms with Gasteiger partial charge in [-0.3, -0.25) is 0 Å². The molecule has 0 unspecified atom stereocenters. The molecule has 25 heavy (non-hydrogen) atoms. The quantitative estimate of drug-likeness (QED) is 0.898. The van der Waals surface area contributed by atoms with Gasteiger partial charge in [-0.15, -0.1) is 0 Å². The van der Waals surface area contributed by atoms with Crippen LogP contribution < -0.4 is 20.1 Å². The summed E-state index contributed by atoms with van der Waals surface area (Å²) in [6, 6.07) is 16.0. The Balaban J connectivity index is 1.29. The van der Waals surface area contributed by atoms with E-state index in [-0.39, 0.29) is 12.8 Å². The van der Waals surface area contributed by atoms with Crippen LogP contribution in [0.3, 0.4) is 0 Å². The van der Waals surface area contributed by atoms with Crippen LogP contribution in [0.5, 0.6) is 11.5 Å². The van der Waals surface area contributed by atoms with Crippen molar-refractivity contribution >= 4 is 17.4 Å². The van der Waals surface area contributed by atoms with Crippen molar-refractivity contribution < 1.29 is 14.3 Å². The molecule has 2 N–H and O–H groups in total. The summed E-state index contributed by atoms with van der Waals surface area (Å²) in [6.07, 6.45) is 1.87. The lowest BCUT2D eigenvalue weighted by Crippen LogP contribution is -2.44. The van der Waals surface area contributed by atoms with Gasteiger partial charge in [0.05, 0.1) is 0 Å². The highest BCUT2D eigenvalue weighted by Gasteiger charge is 2.23. The van der Waals surface area contributed by atoms with E-state index in [9.17, 15) is 4.79 Å². The Morgan fingerprint density at radius 3 is 2.52 bits per heavy atom. The fourth-order valence-corrected chi connectivity index (χ4v) is 3.17. The molecule has 6 heteroatoms. The number of anilines is 2. The third-order valence-corrected chi connectivity index (χ3v) is 4.55. The van der Waals surface area contributed by atoms with Gasteiger partial charge in [-0.05, 0) is 37.1 Å². The number of benzene rings is 2. The van der Waals surface area contributed by atoms with E-state index in [1.54, 1.807) is 6.07 Å². The molecule has 2 amide bonds. The van der Waals surface area contributed by atoms with Crippen molar-refractivity contribution in [2.24, 2.45) is 0 Å². The third kappa shape index (κ3) is 3.63. The summed E-state index contributed by atoms with van der Waals surface area (Å²) in [6.45, 7) is 1.70. The van der Waals surface area contributed by atoms with Crippen molar-refractivity contribution in [1.82, 2.24) is 4.90 Å². The van der Waals surface area contributed by atoms with Crippen molar-refractivity contribution in [2.75, 3.05) is 30.5 Å². The topological polar surface area (TPSA) is 62.8 Å². The number of nitrogens with one attached hydrogen (secondary N) is 2. The van der Waals surface area contributed by atoms with Crippen LogP contribution in [0, 0.1) is 0 Å². The normalized spacial score (nSPS) is 16.6. The maximum atomic E-state index is 12.5. The zero-order valence-corrected chi connectivity index (χ0v) is 13.9. The molecule has 0 bridgehead atoms. The average Bonchev–Trinajstić information content (AvgIpc) is 3.11. The summed E-state index contributed by atoms with van der Waals surface area (Å²) in [5.41, 5.74) is 1.85. The summed E-state index contributed by atoms with van der Waals surface area (Å²) in [5.74, 6) is 1.38. The Hall–Kier alpha value is -2.89. The van der Waals surface area contributed by atoms with E-state index in [2.05, 4.69) is 22.8 Å². The molecule has 0 spiro atoms. The van der Waals surface area contributed by atoms with Gasteiger partial charge in [0.25, 0.3) is 0 Å². The molecule has 0 aromatic heterocycles. The summed E-state index contributed by atoms with van der Waals surface area (Å²) in [5, 5.41) is 6.47. The molecular formula is C19H21N3O3. The van der Waals surface area contributed by atoms with Crippen LogP contribution in [-0.2, 0) is 0 Å². The van der Waals surface area contributed by atoms with Crippen LogP contribution in [-0.4, -0.2) is 36.9 Å². The van der Waals surface area contributed by atoms with Gasteiger partial charge in [-0.1, -0.05) is 18.2 Å². The lowest BCUT2D eigenvalue weighted by Gasteiger charge is -2.33. The van der Waals surface area contributed by atoms with Gasteiger partial charge < -0.3 is 25.0 Å². The molecule has 1 saturated heterocycles. The number of ether oxygens (including phenoxy) is 2. The Morgan fingerprint density at radius 2 is 1.72 bits per heavy atom. The van der Waals surface area contributed by atoms with Crippen molar-refractivity contribution in [2.45, 2.75) is 18.9 Å². The van der Waals surface area contributed by atoms with E-state index in [0.717, 1.165) is 37.3 Å². The molecule has 130 valence electrons. The molecule has 0 aliphatic carbocycles. The minimum absolute atomic E-state index is 0.0722. The van der Waals surface area contributed by atoms with Crippen molar-refractivity contribution in [1.29, 1.82) is 0 Å². The summed E-state index contributed by atoms with van der Waals surface area (Å²) in [7, 11) is 0. The molecule has 1 fully saturated rings. The van der Waals surface area contributed by atoms with Crippen molar-refractivity contribution in [3.63, 3.8) is 0 Å². The Labute approximate surface area is 146 Å². The molecule has 2 aliphatic rings. The first-order valence-corrected chi connectivity index (χ1v) is 8.55. The fraction of sp³-hybridized carbons (Fsp3) is 0.316. The summed E-state index contributed by atoms with van der Waals surface area (Å²) >= 11 is 0. The highest BCUT2D eigenvalue weighted by Crippen LogP contribution is 2.34. The number of fused-ring (bicyclic) bond motifs is 1. The largest absolute Gasteiger partial charge is 0.454 e. The molecule has 2 heterocycles. The number of rotatable bonds is 3. The monoisotopic (exact) mass is 339 g/mol. The summed E-state index contributed by atoms with van der Waals surface area (Å²) in [4.78, 5) is 14.3. The van der Waals surface area contributed by atoms with Gasteiger partial charge in [-0.25, -0.2) is 4.79 Å². The SMILES string of the molecule is O=C(Nc1ccc2c(c1)OCO2)N1CCC(Nc2ccccc2)CC1. The van der Waals surface area contributed by atoms with E-state index in [0.29, 0.717) is 17.5 Å². The van der Waals surface area contributed by atoms with Crippen LogP contribution in [0.25, 0.3) is 0 Å². The fourth-order valence-electron chi connectivity index (χ4n) is 3.17. The second-order valence-corrected chi connectivity index (χ2v) is 6.27. The number of amides is 2. The first-order chi connectivity index (χ1) is 12.3. The van der Waals surface area contributed by atoms with Crippen LogP contribution in [0.1, 0.15) is 12.8 Å². The second kappa shape index (κ2) is 6.93. The zero-order chi connectivity index (χ0) is 17.1. The number of hydrogen-bond donors (Lipinski definition) is 2. The number of urea groups is 1. The molecule has 0 radical (unpaired) electrons. The van der Waals surface area contributed by atoms with E-state index in [4.69, 9.17) is 9.47 Å². The Morgan fingerprint density at radius 1 is 0.960 bits per heavy atom. The maximum Gasteiger partial charge on any atom is 0.321 e. The first kappa shape index (κ1) is 15.6. The number of carbonyl (C=O) groups excluding carboxylic acids is 1. The number of para-hydroxylation sites is 1. The average molecular weight is 339 g/mol. The van der Waals surface area contributed by atoms with Gasteiger partial charge in [0.1, 0.15) is 0 Å². The zero-order valence-electron chi connectivity index (χ0n) is 13.9. The van der Waals surface area contributed by atoms with Crippen LogP contribution in [0.4, 0.5) is 16.2 Å². The number of likely N-dealkylation sites (tertiary alicyclic amines) is 1. The predicted molar refractivity (Wildman–Crippen MR) is 96.2 cm³/mol. The van der Waals surface area contributed by atoms with Gasteiger partial charge in [-0.2, -0.15) is 0 Å². The standard InChI is InChI=1S/C19H21N3O3/c23-19(21-16-6-7-17-18(12-16)25-13-24-17)22-10-8-15(9-11-22)20-14-4-2-1-3-5-14/h1-7,12,15,20H,8-11,13H2,(H,21,23). The van der Waals surface area contributed by atoms with Gasteiger partial charge in [0.2, 0.25) is 6.79 Å². The number of piperidine rings is 1. The molecule has 4 rings (SSSR count). The van der Waals surface area contributed by atoms with E-state index in [1.807, 2.05) is 35.2 Å². The van der Waals surface area contributed by atoms with E-state index < -0.39 is 0 Å². The maximum absolute atomic E-state index is 12.5. The van der Waals surface area contributed by atoms with Crippen molar-refractivity contribution in [3.8, 4) is 11.5 Å². The van der Waals surface area contributed by atoms with Crippen LogP contribution >= 0.6 is 0 Å².